The van der Waals surface area contributed by atoms with Crippen molar-refractivity contribution < 1.29 is 29.4 Å². The van der Waals surface area contributed by atoms with Crippen LogP contribution < -0.4 is 10.6 Å². The lowest BCUT2D eigenvalue weighted by Gasteiger charge is -2.18. The molecule has 0 spiro atoms. The number of carboxylic acid groups (broad SMARTS) is 2. The summed E-state index contributed by atoms with van der Waals surface area (Å²) in [5, 5.41) is 23.4. The summed E-state index contributed by atoms with van der Waals surface area (Å²) < 4.78 is 0. The van der Waals surface area contributed by atoms with Gasteiger partial charge in [0, 0.05) is 36.4 Å². The number of rotatable bonds is 17. The normalized spacial score (nSPS) is 13.9. The summed E-state index contributed by atoms with van der Waals surface area (Å²) in [7, 11) is 5.97. The van der Waals surface area contributed by atoms with Gasteiger partial charge in [0.2, 0.25) is 11.8 Å². The van der Waals surface area contributed by atoms with Crippen LogP contribution in [0.25, 0.3) is 0 Å². The van der Waals surface area contributed by atoms with Crippen LogP contribution in [0, 0.1) is 0 Å². The van der Waals surface area contributed by atoms with Gasteiger partial charge in [0.1, 0.15) is 12.1 Å². The van der Waals surface area contributed by atoms with E-state index in [0.717, 1.165) is 31.4 Å². The largest absolute Gasteiger partial charge is 0.480 e. The van der Waals surface area contributed by atoms with E-state index in [4.69, 9.17) is 5.11 Å². The van der Waals surface area contributed by atoms with Crippen molar-refractivity contribution in [1.82, 2.24) is 10.6 Å². The molecule has 0 rings (SSSR count). The Morgan fingerprint density at radius 1 is 0.793 bits per heavy atom. The summed E-state index contributed by atoms with van der Waals surface area (Å²) >= 11 is 0. The lowest BCUT2D eigenvalue weighted by Crippen LogP contribution is -2.41. The minimum absolute atomic E-state index is 0.267. The fourth-order valence-corrected chi connectivity index (χ4v) is 8.01. The van der Waals surface area contributed by atoms with Gasteiger partial charge in [0.25, 0.3) is 0 Å². The molecule has 0 aromatic heterocycles. The number of carbonyl (C=O) groups excluding carboxylic acids is 2. The van der Waals surface area contributed by atoms with E-state index in [2.05, 4.69) is 17.6 Å². The van der Waals surface area contributed by atoms with Crippen LogP contribution in [-0.2, 0) is 19.2 Å². The molecular formula is C17H30N2O6S4. The topological polar surface area (TPSA) is 133 Å². The van der Waals surface area contributed by atoms with Gasteiger partial charge in [-0.1, -0.05) is 69.4 Å². The number of nitrogens with one attached hydrogen (secondary N) is 2. The van der Waals surface area contributed by atoms with Crippen LogP contribution in [0.1, 0.15) is 46.5 Å². The van der Waals surface area contributed by atoms with Crippen molar-refractivity contribution in [3.8, 4) is 0 Å². The molecule has 2 amide bonds. The van der Waals surface area contributed by atoms with Crippen LogP contribution in [-0.4, -0.2) is 68.6 Å². The third-order valence-electron chi connectivity index (χ3n) is 3.49. The summed E-state index contributed by atoms with van der Waals surface area (Å²) in [5.74, 6) is -1.56. The maximum atomic E-state index is 11.2. The fraction of sp³-hybridized carbons (Fsp3) is 0.765. The molecule has 0 aliphatic carbocycles. The summed E-state index contributed by atoms with van der Waals surface area (Å²) in [6, 6.07) is -1.84. The monoisotopic (exact) mass is 486 g/mol. The summed E-state index contributed by atoms with van der Waals surface area (Å²) in [5.41, 5.74) is 0. The predicted octanol–water partition coefficient (Wildman–Crippen LogP) is 2.88. The highest BCUT2D eigenvalue weighted by molar-refractivity contribution is 8.78. The van der Waals surface area contributed by atoms with Gasteiger partial charge >= 0.3 is 11.9 Å². The van der Waals surface area contributed by atoms with E-state index in [-0.39, 0.29) is 28.6 Å². The molecule has 0 radical (unpaired) electrons. The first-order valence-electron chi connectivity index (χ1n) is 9.19. The van der Waals surface area contributed by atoms with Gasteiger partial charge in [-0.05, 0) is 6.42 Å². The number of carbonyl (C=O) groups is 4. The van der Waals surface area contributed by atoms with Crippen LogP contribution in [0.2, 0.25) is 0 Å². The van der Waals surface area contributed by atoms with Gasteiger partial charge in [-0.2, -0.15) is 0 Å². The van der Waals surface area contributed by atoms with Gasteiger partial charge < -0.3 is 20.8 Å². The Labute approximate surface area is 187 Å². The van der Waals surface area contributed by atoms with E-state index in [0.29, 0.717) is 0 Å². The molecule has 0 bridgehead atoms. The molecule has 0 aliphatic heterocycles. The van der Waals surface area contributed by atoms with Crippen molar-refractivity contribution in [2.24, 2.45) is 0 Å². The average molecular weight is 487 g/mol. The Morgan fingerprint density at radius 3 is 1.72 bits per heavy atom. The molecule has 4 N–H and O–H groups in total. The second kappa shape index (κ2) is 17.0. The van der Waals surface area contributed by atoms with Crippen LogP contribution in [0.15, 0.2) is 0 Å². The molecular weight excluding hydrogens is 456 g/mol. The number of amides is 2. The first kappa shape index (κ1) is 28.3. The lowest BCUT2D eigenvalue weighted by atomic mass is 10.2. The molecule has 29 heavy (non-hydrogen) atoms. The number of carboxylic acids is 2. The number of aliphatic carboxylic acids is 2. The zero-order valence-electron chi connectivity index (χ0n) is 16.8. The van der Waals surface area contributed by atoms with Gasteiger partial charge in [-0.3, -0.25) is 9.59 Å². The standard InChI is InChI=1S/C17H30N2O6S4/c1-4-5-6-7-13(29-28-10-15(17(24)25)19-12(3)21)8-26-27-9-14(16(22)23)18-11(2)20/h13-15H,4-10H2,1-3H3,(H,18,20)(H,19,21)(H,22,23)(H,24,25). The maximum Gasteiger partial charge on any atom is 0.327 e. The molecule has 0 saturated heterocycles. The SMILES string of the molecule is CCCCCC(CSSCC(NC(C)=O)C(=O)O)SSCC(NC(C)=O)C(=O)O. The van der Waals surface area contributed by atoms with Gasteiger partial charge in [-0.25, -0.2) is 9.59 Å². The molecule has 0 aliphatic rings. The van der Waals surface area contributed by atoms with E-state index < -0.39 is 24.0 Å². The number of unbranched alkanes of at least 4 members (excludes halogenated alkanes) is 2. The second-order valence-electron chi connectivity index (χ2n) is 6.25. The minimum atomic E-state index is -1.06. The quantitative estimate of drug-likeness (QED) is 0.180. The lowest BCUT2D eigenvalue weighted by molar-refractivity contribution is -0.141. The molecule has 0 aromatic rings. The van der Waals surface area contributed by atoms with Crippen LogP contribution >= 0.6 is 43.2 Å². The van der Waals surface area contributed by atoms with Crippen LogP contribution in [0.4, 0.5) is 0 Å². The van der Waals surface area contributed by atoms with Crippen molar-refractivity contribution in [2.45, 2.75) is 63.8 Å². The first-order chi connectivity index (χ1) is 13.7. The molecule has 12 heteroatoms. The van der Waals surface area contributed by atoms with Crippen molar-refractivity contribution in [3.05, 3.63) is 0 Å². The van der Waals surface area contributed by atoms with Crippen molar-refractivity contribution in [2.75, 3.05) is 17.3 Å². The fourth-order valence-electron chi connectivity index (χ4n) is 2.07. The Hall–Kier alpha value is -0.720. The first-order valence-corrected chi connectivity index (χ1v) is 14.1. The van der Waals surface area contributed by atoms with Gasteiger partial charge in [0.15, 0.2) is 0 Å². The zero-order valence-corrected chi connectivity index (χ0v) is 20.1. The van der Waals surface area contributed by atoms with E-state index in [1.54, 1.807) is 21.6 Å². The van der Waals surface area contributed by atoms with Crippen LogP contribution in [0.5, 0.6) is 0 Å². The van der Waals surface area contributed by atoms with E-state index in [1.165, 1.54) is 35.4 Å². The molecule has 168 valence electrons. The smallest absolute Gasteiger partial charge is 0.327 e. The van der Waals surface area contributed by atoms with E-state index in [1.807, 2.05) is 0 Å². The third-order valence-corrected chi connectivity index (χ3v) is 9.11. The summed E-state index contributed by atoms with van der Waals surface area (Å²) in [4.78, 5) is 44.5. The van der Waals surface area contributed by atoms with Gasteiger partial charge in [-0.15, -0.1) is 0 Å². The highest BCUT2D eigenvalue weighted by atomic mass is 33.1. The van der Waals surface area contributed by atoms with E-state index >= 15 is 0 Å². The maximum absolute atomic E-state index is 11.2. The molecule has 0 aromatic carbocycles. The Balaban J connectivity index is 4.46. The van der Waals surface area contributed by atoms with E-state index in [9.17, 15) is 24.3 Å². The van der Waals surface area contributed by atoms with Crippen molar-refractivity contribution in [3.63, 3.8) is 0 Å². The Bertz CT molecular complexity index is 538. The third kappa shape index (κ3) is 15.7. The van der Waals surface area contributed by atoms with Crippen LogP contribution in [0.3, 0.4) is 0 Å². The molecule has 8 nitrogen and oxygen atoms in total. The molecule has 3 unspecified atom stereocenters. The van der Waals surface area contributed by atoms with Crippen molar-refractivity contribution in [1.29, 1.82) is 0 Å². The number of hydrogen-bond donors (Lipinski definition) is 4. The second-order valence-corrected chi connectivity index (χ2v) is 11.5. The average Bonchev–Trinajstić information content (AvgIpc) is 2.61. The van der Waals surface area contributed by atoms with Crippen molar-refractivity contribution >= 4 is 66.9 Å². The predicted molar refractivity (Wildman–Crippen MR) is 123 cm³/mol. The molecule has 0 heterocycles. The zero-order chi connectivity index (χ0) is 22.2. The minimum Gasteiger partial charge on any atom is -0.480 e. The van der Waals surface area contributed by atoms with Gasteiger partial charge in [0.05, 0.1) is 0 Å². The highest BCUT2D eigenvalue weighted by Gasteiger charge is 2.21. The molecule has 0 saturated carbocycles. The highest BCUT2D eigenvalue weighted by Crippen LogP contribution is 2.35. The molecule has 3 atom stereocenters. The molecule has 0 fully saturated rings. The summed E-state index contributed by atoms with van der Waals surface area (Å²) in [6.45, 7) is 4.71. The Morgan fingerprint density at radius 2 is 1.28 bits per heavy atom. The summed E-state index contributed by atoms with van der Waals surface area (Å²) in [6.07, 6.45) is 4.27. The number of hydrogen-bond acceptors (Lipinski definition) is 8. The Kier molecular flexibility index (Phi) is 16.6.